The highest BCUT2D eigenvalue weighted by molar-refractivity contribution is 9.10. The predicted molar refractivity (Wildman–Crippen MR) is 76.7 cm³/mol. The van der Waals surface area contributed by atoms with Gasteiger partial charge in [-0.2, -0.15) is 0 Å². The topological polar surface area (TPSA) is 20.3 Å². The second-order valence-corrected chi connectivity index (χ2v) is 6.49. The van der Waals surface area contributed by atoms with Gasteiger partial charge in [0.05, 0.1) is 5.56 Å². The van der Waals surface area contributed by atoms with E-state index in [0.717, 1.165) is 41.5 Å². The number of amides is 1. The molecular weight excluding hydrogens is 346 g/mol. The lowest BCUT2D eigenvalue weighted by atomic mass is 10.1. The normalized spacial score (nSPS) is 17.2. The van der Waals surface area contributed by atoms with E-state index in [1.807, 2.05) is 30.0 Å². The summed E-state index contributed by atoms with van der Waals surface area (Å²) in [5.41, 5.74) is 1.88. The van der Waals surface area contributed by atoms with Gasteiger partial charge in [-0.25, -0.2) is 0 Å². The Hall–Kier alpha value is -0.350. The van der Waals surface area contributed by atoms with Crippen molar-refractivity contribution in [3.05, 3.63) is 33.8 Å². The van der Waals surface area contributed by atoms with Crippen LogP contribution in [0.1, 0.15) is 28.8 Å². The predicted octanol–water partition coefficient (Wildman–Crippen LogP) is 3.76. The molecule has 17 heavy (non-hydrogen) atoms. The number of nitrogens with zero attached hydrogens (tertiary/aromatic N) is 1. The molecule has 1 aromatic carbocycles. The van der Waals surface area contributed by atoms with Gasteiger partial charge < -0.3 is 4.90 Å². The Balaban J connectivity index is 2.17. The summed E-state index contributed by atoms with van der Waals surface area (Å²) in [7, 11) is 0. The molecule has 1 aliphatic rings. The number of carbonyl (C=O) groups excluding carboxylic acids is 1. The van der Waals surface area contributed by atoms with Gasteiger partial charge in [-0.05, 0) is 47.3 Å². The molecule has 0 aromatic heterocycles. The zero-order valence-electron chi connectivity index (χ0n) is 9.75. The average Bonchev–Trinajstić information content (AvgIpc) is 2.33. The van der Waals surface area contributed by atoms with E-state index < -0.39 is 0 Å². The lowest BCUT2D eigenvalue weighted by Crippen LogP contribution is -2.38. The number of halogens is 2. The first kappa shape index (κ1) is 13.1. The van der Waals surface area contributed by atoms with Crippen molar-refractivity contribution in [1.29, 1.82) is 0 Å². The summed E-state index contributed by atoms with van der Waals surface area (Å²) in [6.45, 7) is 3.69. The first-order valence-corrected chi connectivity index (χ1v) is 7.49. The largest absolute Gasteiger partial charge is 0.339 e. The van der Waals surface area contributed by atoms with E-state index in [1.165, 1.54) is 0 Å². The van der Waals surface area contributed by atoms with Crippen LogP contribution < -0.4 is 0 Å². The lowest BCUT2D eigenvalue weighted by Gasteiger charge is -2.30. The third-order valence-corrected chi connectivity index (χ3v) is 5.10. The lowest BCUT2D eigenvalue weighted by molar-refractivity contribution is 0.0727. The summed E-state index contributed by atoms with van der Waals surface area (Å²) < 4.78 is 0.922. The quantitative estimate of drug-likeness (QED) is 0.698. The average molecular weight is 361 g/mol. The van der Waals surface area contributed by atoms with E-state index in [1.54, 1.807) is 0 Å². The van der Waals surface area contributed by atoms with Crippen molar-refractivity contribution in [1.82, 2.24) is 4.90 Å². The number of aryl methyl sites for hydroxylation is 1. The summed E-state index contributed by atoms with van der Waals surface area (Å²) >= 11 is 7.10. The van der Waals surface area contributed by atoms with Crippen molar-refractivity contribution >= 4 is 37.8 Å². The fraction of sp³-hybridized carbons (Fsp3) is 0.462. The third kappa shape index (κ3) is 2.91. The Kier molecular flexibility index (Phi) is 4.26. The van der Waals surface area contributed by atoms with Crippen molar-refractivity contribution in [2.75, 3.05) is 13.1 Å². The second kappa shape index (κ2) is 5.53. The minimum atomic E-state index is 0.139. The van der Waals surface area contributed by atoms with E-state index in [4.69, 9.17) is 0 Å². The Morgan fingerprint density at radius 2 is 2.00 bits per heavy atom. The number of rotatable bonds is 1. The van der Waals surface area contributed by atoms with Gasteiger partial charge in [0.2, 0.25) is 0 Å². The number of carbonyl (C=O) groups is 1. The fourth-order valence-corrected chi connectivity index (χ4v) is 2.88. The molecule has 0 bridgehead atoms. The molecule has 2 rings (SSSR count). The van der Waals surface area contributed by atoms with Crippen molar-refractivity contribution in [3.63, 3.8) is 0 Å². The highest BCUT2D eigenvalue weighted by Crippen LogP contribution is 2.25. The number of benzene rings is 1. The molecule has 4 heteroatoms. The monoisotopic (exact) mass is 359 g/mol. The molecule has 1 saturated heterocycles. The Morgan fingerprint density at radius 3 is 2.65 bits per heavy atom. The minimum Gasteiger partial charge on any atom is -0.339 e. The SMILES string of the molecule is Cc1cccc(C(=O)N2CCC(Br)CC2)c1Br. The zero-order valence-corrected chi connectivity index (χ0v) is 12.9. The van der Waals surface area contributed by atoms with Gasteiger partial charge in [0.25, 0.3) is 5.91 Å². The molecule has 0 atom stereocenters. The molecule has 0 radical (unpaired) electrons. The molecule has 92 valence electrons. The fourth-order valence-electron chi connectivity index (χ4n) is 2.03. The number of likely N-dealkylation sites (tertiary alicyclic amines) is 1. The molecule has 1 aliphatic heterocycles. The maximum absolute atomic E-state index is 12.4. The van der Waals surface area contributed by atoms with Crippen LogP contribution in [0.2, 0.25) is 0 Å². The number of hydrogen-bond acceptors (Lipinski definition) is 1. The van der Waals surface area contributed by atoms with Crippen LogP contribution in [0.15, 0.2) is 22.7 Å². The second-order valence-electron chi connectivity index (χ2n) is 4.40. The van der Waals surface area contributed by atoms with Gasteiger partial charge in [0.1, 0.15) is 0 Å². The first-order chi connectivity index (χ1) is 8.09. The Bertz CT molecular complexity index is 425. The summed E-state index contributed by atoms with van der Waals surface area (Å²) in [5, 5.41) is 0. The van der Waals surface area contributed by atoms with Crippen LogP contribution >= 0.6 is 31.9 Å². The molecular formula is C13H15Br2NO. The maximum atomic E-state index is 12.4. The van der Waals surface area contributed by atoms with E-state index in [0.29, 0.717) is 4.83 Å². The molecule has 2 nitrogen and oxygen atoms in total. The van der Waals surface area contributed by atoms with Crippen LogP contribution in [0, 0.1) is 6.92 Å². The van der Waals surface area contributed by atoms with E-state index in [2.05, 4.69) is 31.9 Å². The Morgan fingerprint density at radius 1 is 1.35 bits per heavy atom. The molecule has 1 heterocycles. The summed E-state index contributed by atoms with van der Waals surface area (Å²) in [6.07, 6.45) is 2.07. The molecule has 0 spiro atoms. The van der Waals surface area contributed by atoms with E-state index in [-0.39, 0.29) is 5.91 Å². The summed E-state index contributed by atoms with van der Waals surface area (Å²) in [5.74, 6) is 0.139. The molecule has 1 aromatic rings. The third-order valence-electron chi connectivity index (χ3n) is 3.13. The van der Waals surface area contributed by atoms with Crippen LogP contribution in [-0.2, 0) is 0 Å². The molecule has 0 unspecified atom stereocenters. The van der Waals surface area contributed by atoms with Crippen LogP contribution in [0.4, 0.5) is 0 Å². The maximum Gasteiger partial charge on any atom is 0.255 e. The van der Waals surface area contributed by atoms with Crippen LogP contribution in [0.25, 0.3) is 0 Å². The highest BCUT2D eigenvalue weighted by Gasteiger charge is 2.23. The van der Waals surface area contributed by atoms with Gasteiger partial charge >= 0.3 is 0 Å². The summed E-state index contributed by atoms with van der Waals surface area (Å²) in [6, 6.07) is 5.83. The van der Waals surface area contributed by atoms with Gasteiger partial charge in [0, 0.05) is 22.4 Å². The van der Waals surface area contributed by atoms with Crippen LogP contribution in [0.3, 0.4) is 0 Å². The minimum absolute atomic E-state index is 0.139. The van der Waals surface area contributed by atoms with E-state index in [9.17, 15) is 4.79 Å². The van der Waals surface area contributed by atoms with Crippen molar-refractivity contribution in [3.8, 4) is 0 Å². The molecule has 1 amide bonds. The van der Waals surface area contributed by atoms with Gasteiger partial charge in [0.15, 0.2) is 0 Å². The van der Waals surface area contributed by atoms with E-state index >= 15 is 0 Å². The standard InChI is InChI=1S/C13H15Br2NO/c1-9-3-2-4-11(12(9)15)13(17)16-7-5-10(14)6-8-16/h2-4,10H,5-8H2,1H3. The number of piperidine rings is 1. The molecule has 0 N–H and O–H groups in total. The van der Waals surface area contributed by atoms with Gasteiger partial charge in [-0.1, -0.05) is 28.1 Å². The van der Waals surface area contributed by atoms with Crippen molar-refractivity contribution < 1.29 is 4.79 Å². The summed E-state index contributed by atoms with van der Waals surface area (Å²) in [4.78, 5) is 14.9. The molecule has 1 fully saturated rings. The first-order valence-electron chi connectivity index (χ1n) is 5.78. The number of alkyl halides is 1. The number of hydrogen-bond donors (Lipinski definition) is 0. The molecule has 0 saturated carbocycles. The highest BCUT2D eigenvalue weighted by atomic mass is 79.9. The molecule has 0 aliphatic carbocycles. The Labute approximate surface area is 119 Å². The zero-order chi connectivity index (χ0) is 12.4. The smallest absolute Gasteiger partial charge is 0.255 e. The van der Waals surface area contributed by atoms with Crippen molar-refractivity contribution in [2.24, 2.45) is 0 Å². The van der Waals surface area contributed by atoms with Crippen LogP contribution in [0.5, 0.6) is 0 Å². The van der Waals surface area contributed by atoms with Crippen LogP contribution in [-0.4, -0.2) is 28.7 Å². The van der Waals surface area contributed by atoms with Gasteiger partial charge in [-0.15, -0.1) is 0 Å². The van der Waals surface area contributed by atoms with Gasteiger partial charge in [-0.3, -0.25) is 4.79 Å². The van der Waals surface area contributed by atoms with Crippen molar-refractivity contribution in [2.45, 2.75) is 24.6 Å².